The molecule has 0 saturated carbocycles. The molecule has 0 atom stereocenters. The number of benzene rings is 3. The second-order valence-electron chi connectivity index (χ2n) is 6.80. The van der Waals surface area contributed by atoms with Crippen molar-refractivity contribution in [2.75, 3.05) is 12.4 Å². The van der Waals surface area contributed by atoms with E-state index in [9.17, 15) is 4.79 Å². The molecule has 5 nitrogen and oxygen atoms in total. The predicted molar refractivity (Wildman–Crippen MR) is 118 cm³/mol. The summed E-state index contributed by atoms with van der Waals surface area (Å²) in [7, 11) is 1.54. The first kappa shape index (κ1) is 19.2. The Labute approximate surface area is 176 Å². The highest BCUT2D eigenvalue weighted by Crippen LogP contribution is 2.29. The van der Waals surface area contributed by atoms with E-state index in [-0.39, 0.29) is 5.91 Å². The van der Waals surface area contributed by atoms with E-state index in [1.807, 2.05) is 49.4 Å². The summed E-state index contributed by atoms with van der Waals surface area (Å²) in [6, 6.07) is 16.7. The van der Waals surface area contributed by atoms with Gasteiger partial charge in [-0.15, -0.1) is 0 Å². The van der Waals surface area contributed by atoms with Gasteiger partial charge in [0, 0.05) is 15.7 Å². The first-order chi connectivity index (χ1) is 13.9. The van der Waals surface area contributed by atoms with Crippen LogP contribution in [0.25, 0.3) is 22.6 Å². The lowest BCUT2D eigenvalue weighted by Crippen LogP contribution is -2.13. The summed E-state index contributed by atoms with van der Waals surface area (Å²) < 4.78 is 12.0. The number of nitrogens with one attached hydrogen (secondary N) is 1. The average Bonchev–Trinajstić information content (AvgIpc) is 3.11. The van der Waals surface area contributed by atoms with Crippen molar-refractivity contribution in [1.82, 2.24) is 4.98 Å². The Morgan fingerprint density at radius 2 is 1.86 bits per heavy atom. The van der Waals surface area contributed by atoms with Crippen molar-refractivity contribution in [2.24, 2.45) is 0 Å². The highest BCUT2D eigenvalue weighted by Gasteiger charge is 2.15. The largest absolute Gasteiger partial charge is 0.496 e. The average molecular weight is 451 g/mol. The van der Waals surface area contributed by atoms with E-state index in [1.165, 1.54) is 12.7 Å². The summed E-state index contributed by atoms with van der Waals surface area (Å²) in [6.07, 6.45) is 0. The number of hydrogen-bond acceptors (Lipinski definition) is 4. The normalized spacial score (nSPS) is 10.9. The molecule has 0 saturated heterocycles. The van der Waals surface area contributed by atoms with Gasteiger partial charge in [-0.1, -0.05) is 22.0 Å². The van der Waals surface area contributed by atoms with Crippen LogP contribution in [0.2, 0.25) is 0 Å². The lowest BCUT2D eigenvalue weighted by Gasteiger charge is -2.10. The van der Waals surface area contributed by atoms with Gasteiger partial charge in [0.2, 0.25) is 5.89 Å². The van der Waals surface area contributed by atoms with Crippen molar-refractivity contribution in [3.63, 3.8) is 0 Å². The maximum Gasteiger partial charge on any atom is 0.259 e. The van der Waals surface area contributed by atoms with Gasteiger partial charge in [-0.3, -0.25) is 4.79 Å². The minimum atomic E-state index is -0.260. The zero-order valence-corrected chi connectivity index (χ0v) is 17.8. The Kier molecular flexibility index (Phi) is 5.11. The van der Waals surface area contributed by atoms with E-state index < -0.39 is 0 Å². The van der Waals surface area contributed by atoms with E-state index in [0.29, 0.717) is 22.9 Å². The number of anilines is 1. The number of nitrogens with zero attached hydrogens (tertiary/aromatic N) is 1. The Bertz CT molecular complexity index is 1190. The maximum atomic E-state index is 12.8. The summed E-state index contributed by atoms with van der Waals surface area (Å²) in [6.45, 7) is 4.10. The van der Waals surface area contributed by atoms with Crippen LogP contribution in [0.4, 0.5) is 5.69 Å². The fourth-order valence-electron chi connectivity index (χ4n) is 3.09. The lowest BCUT2D eigenvalue weighted by molar-refractivity contribution is 0.102. The van der Waals surface area contributed by atoms with Crippen molar-refractivity contribution >= 4 is 38.6 Å². The van der Waals surface area contributed by atoms with Gasteiger partial charge in [0.1, 0.15) is 11.3 Å². The molecule has 1 aromatic heterocycles. The van der Waals surface area contributed by atoms with Crippen LogP contribution in [0.3, 0.4) is 0 Å². The van der Waals surface area contributed by atoms with Crippen molar-refractivity contribution in [3.05, 3.63) is 75.8 Å². The summed E-state index contributed by atoms with van der Waals surface area (Å²) in [5.74, 6) is 0.761. The molecule has 0 aliphatic carbocycles. The molecule has 29 heavy (non-hydrogen) atoms. The quantitative estimate of drug-likeness (QED) is 0.405. The molecule has 1 N–H and O–H groups in total. The van der Waals surface area contributed by atoms with Gasteiger partial charge in [-0.05, 0) is 73.5 Å². The van der Waals surface area contributed by atoms with Crippen LogP contribution < -0.4 is 10.1 Å². The number of hydrogen-bond donors (Lipinski definition) is 1. The van der Waals surface area contributed by atoms with Gasteiger partial charge in [-0.25, -0.2) is 4.98 Å². The summed E-state index contributed by atoms with van der Waals surface area (Å²) in [4.78, 5) is 17.4. The standard InChI is InChI=1S/C23H19BrN2O3/c1-13-9-19-21(10-14(13)2)29-23(26-19)15-5-4-6-17(11-15)25-22(27)18-12-16(24)7-8-20(18)28-3/h4-12H,1-3H3,(H,25,27). The van der Waals surface area contributed by atoms with Crippen LogP contribution in [0, 0.1) is 13.8 Å². The molecule has 0 radical (unpaired) electrons. The lowest BCUT2D eigenvalue weighted by atomic mass is 10.1. The number of carbonyl (C=O) groups is 1. The van der Waals surface area contributed by atoms with E-state index in [0.717, 1.165) is 26.7 Å². The van der Waals surface area contributed by atoms with Crippen LogP contribution in [-0.2, 0) is 0 Å². The molecule has 1 amide bonds. The molecule has 0 fully saturated rings. The molecule has 0 spiro atoms. The minimum absolute atomic E-state index is 0.260. The van der Waals surface area contributed by atoms with Gasteiger partial charge >= 0.3 is 0 Å². The zero-order valence-electron chi connectivity index (χ0n) is 16.2. The second kappa shape index (κ2) is 7.72. The van der Waals surface area contributed by atoms with Gasteiger partial charge in [0.05, 0.1) is 12.7 Å². The van der Waals surface area contributed by atoms with E-state index >= 15 is 0 Å². The predicted octanol–water partition coefficient (Wildman–Crippen LogP) is 6.14. The first-order valence-corrected chi connectivity index (χ1v) is 9.87. The number of aryl methyl sites for hydroxylation is 2. The van der Waals surface area contributed by atoms with E-state index in [4.69, 9.17) is 9.15 Å². The van der Waals surface area contributed by atoms with E-state index in [1.54, 1.807) is 12.1 Å². The second-order valence-corrected chi connectivity index (χ2v) is 7.72. The number of oxazole rings is 1. The van der Waals surface area contributed by atoms with Crippen LogP contribution in [0.5, 0.6) is 5.75 Å². The minimum Gasteiger partial charge on any atom is -0.496 e. The number of amides is 1. The third kappa shape index (κ3) is 3.89. The number of fused-ring (bicyclic) bond motifs is 1. The molecule has 146 valence electrons. The smallest absolute Gasteiger partial charge is 0.259 e. The Balaban J connectivity index is 1.64. The van der Waals surface area contributed by atoms with Crippen LogP contribution >= 0.6 is 15.9 Å². The van der Waals surface area contributed by atoms with Crippen LogP contribution in [0.15, 0.2) is 63.5 Å². The molecule has 4 aromatic rings. The number of aromatic nitrogens is 1. The third-order valence-corrected chi connectivity index (χ3v) is 5.27. The van der Waals surface area contributed by atoms with Crippen molar-refractivity contribution in [2.45, 2.75) is 13.8 Å². The fraction of sp³-hybridized carbons (Fsp3) is 0.130. The molecule has 0 unspecified atom stereocenters. The number of halogens is 1. The molecular formula is C23H19BrN2O3. The fourth-order valence-corrected chi connectivity index (χ4v) is 3.45. The van der Waals surface area contributed by atoms with Crippen LogP contribution in [0.1, 0.15) is 21.5 Å². The van der Waals surface area contributed by atoms with Crippen LogP contribution in [-0.4, -0.2) is 18.0 Å². The topological polar surface area (TPSA) is 64.4 Å². The molecule has 4 rings (SSSR count). The highest BCUT2D eigenvalue weighted by molar-refractivity contribution is 9.10. The molecular weight excluding hydrogens is 432 g/mol. The Morgan fingerprint density at radius 1 is 1.07 bits per heavy atom. The maximum absolute atomic E-state index is 12.8. The first-order valence-electron chi connectivity index (χ1n) is 9.08. The molecule has 1 heterocycles. The number of rotatable bonds is 4. The van der Waals surface area contributed by atoms with Crippen molar-refractivity contribution in [1.29, 1.82) is 0 Å². The van der Waals surface area contributed by atoms with Crippen molar-refractivity contribution < 1.29 is 13.9 Å². The van der Waals surface area contributed by atoms with E-state index in [2.05, 4.69) is 33.2 Å². The van der Waals surface area contributed by atoms with Gasteiger partial charge in [0.25, 0.3) is 5.91 Å². The SMILES string of the molecule is COc1ccc(Br)cc1C(=O)Nc1cccc(-c2nc3cc(C)c(C)cc3o2)c1. The molecule has 0 aliphatic heterocycles. The Hall–Kier alpha value is -3.12. The van der Waals surface area contributed by atoms with Gasteiger partial charge in [0.15, 0.2) is 5.58 Å². The number of methoxy groups -OCH3 is 1. The number of carbonyl (C=O) groups excluding carboxylic acids is 1. The Morgan fingerprint density at radius 3 is 2.66 bits per heavy atom. The molecule has 0 bridgehead atoms. The monoisotopic (exact) mass is 450 g/mol. The zero-order chi connectivity index (χ0) is 20.5. The summed E-state index contributed by atoms with van der Waals surface area (Å²) >= 11 is 3.39. The van der Waals surface area contributed by atoms with Gasteiger partial charge < -0.3 is 14.5 Å². The summed E-state index contributed by atoms with van der Waals surface area (Å²) in [5.41, 5.74) is 5.76. The third-order valence-electron chi connectivity index (χ3n) is 4.78. The van der Waals surface area contributed by atoms with Gasteiger partial charge in [-0.2, -0.15) is 0 Å². The number of ether oxygens (including phenoxy) is 1. The summed E-state index contributed by atoms with van der Waals surface area (Å²) in [5, 5.41) is 2.91. The molecule has 6 heteroatoms. The highest BCUT2D eigenvalue weighted by atomic mass is 79.9. The molecule has 3 aromatic carbocycles. The van der Waals surface area contributed by atoms with Crippen molar-refractivity contribution in [3.8, 4) is 17.2 Å². The molecule has 0 aliphatic rings.